The Morgan fingerprint density at radius 1 is 1.36 bits per heavy atom. The average molecular weight is 273 g/mol. The fraction of sp³-hybridized carbons (Fsp3) is 0.375. The van der Waals surface area contributed by atoms with Crippen LogP contribution < -0.4 is 0 Å². The van der Waals surface area contributed by atoms with Crippen LogP contribution in [0.25, 0.3) is 0 Å². The third-order valence-electron chi connectivity index (χ3n) is 1.38. The molecule has 0 saturated carbocycles. The Labute approximate surface area is 102 Å². The first kappa shape index (κ1) is 12.4. The second-order valence-electron chi connectivity index (χ2n) is 2.39. The van der Waals surface area contributed by atoms with E-state index in [4.69, 9.17) is 39.5 Å². The van der Waals surface area contributed by atoms with E-state index in [0.717, 1.165) is 5.75 Å². The monoisotopic (exact) mass is 271 g/mol. The molecule has 0 radical (unpaired) electrons. The molecule has 0 fully saturated rings. The number of hydrogen-bond donors (Lipinski definition) is 0. The number of pyridine rings is 1. The smallest absolute Gasteiger partial charge is 0.149 e. The van der Waals surface area contributed by atoms with Crippen LogP contribution in [0.4, 0.5) is 0 Å². The second-order valence-corrected chi connectivity index (χ2v) is 4.65. The van der Waals surface area contributed by atoms with Crippen molar-refractivity contribution < 1.29 is 4.74 Å². The van der Waals surface area contributed by atoms with Gasteiger partial charge in [0.1, 0.15) is 10.2 Å². The van der Waals surface area contributed by atoms with Crippen molar-refractivity contribution in [1.82, 2.24) is 4.98 Å². The molecular formula is C8H8Cl3NOS. The van der Waals surface area contributed by atoms with Crippen LogP contribution >= 0.6 is 46.6 Å². The van der Waals surface area contributed by atoms with Crippen LogP contribution in [0.15, 0.2) is 11.1 Å². The number of hydrogen-bond acceptors (Lipinski definition) is 3. The van der Waals surface area contributed by atoms with E-state index < -0.39 is 0 Å². The van der Waals surface area contributed by atoms with Gasteiger partial charge in [-0.05, 0) is 6.07 Å². The zero-order valence-corrected chi connectivity index (χ0v) is 10.5. The number of halogens is 3. The van der Waals surface area contributed by atoms with Crippen LogP contribution in [-0.4, -0.2) is 24.5 Å². The molecule has 0 saturated heterocycles. The first-order chi connectivity index (χ1) is 6.65. The summed E-state index contributed by atoms with van der Waals surface area (Å²) in [6.45, 7) is 0.642. The zero-order chi connectivity index (χ0) is 10.6. The molecule has 0 aliphatic carbocycles. The average Bonchev–Trinajstić information content (AvgIpc) is 2.14. The maximum absolute atomic E-state index is 5.91. The maximum atomic E-state index is 5.91. The molecule has 0 bridgehead atoms. The van der Waals surface area contributed by atoms with Crippen molar-refractivity contribution in [1.29, 1.82) is 0 Å². The van der Waals surface area contributed by atoms with Gasteiger partial charge in [-0.25, -0.2) is 4.98 Å². The summed E-state index contributed by atoms with van der Waals surface area (Å²) in [5.41, 5.74) is 0. The molecule has 1 rings (SSSR count). The van der Waals surface area contributed by atoms with Gasteiger partial charge in [-0.2, -0.15) is 0 Å². The molecule has 0 aliphatic heterocycles. The van der Waals surface area contributed by atoms with E-state index in [-0.39, 0.29) is 5.15 Å². The van der Waals surface area contributed by atoms with Gasteiger partial charge in [0.15, 0.2) is 0 Å². The molecule has 2 nitrogen and oxygen atoms in total. The van der Waals surface area contributed by atoms with Crippen LogP contribution in [0, 0.1) is 0 Å². The van der Waals surface area contributed by atoms with E-state index >= 15 is 0 Å². The van der Waals surface area contributed by atoms with E-state index in [1.807, 2.05) is 0 Å². The lowest BCUT2D eigenvalue weighted by atomic mass is 10.5. The molecule has 14 heavy (non-hydrogen) atoms. The van der Waals surface area contributed by atoms with Crippen LogP contribution in [0.2, 0.25) is 15.2 Å². The molecule has 0 aliphatic rings. The lowest BCUT2D eigenvalue weighted by molar-refractivity contribution is 0.218. The predicted molar refractivity (Wildman–Crippen MR) is 61.9 cm³/mol. The second kappa shape index (κ2) is 6.03. The Bertz CT molecular complexity index is 322. The Morgan fingerprint density at radius 2 is 2.07 bits per heavy atom. The van der Waals surface area contributed by atoms with Gasteiger partial charge in [0.05, 0.1) is 16.7 Å². The first-order valence-corrected chi connectivity index (χ1v) is 5.90. The van der Waals surface area contributed by atoms with E-state index in [1.165, 1.54) is 11.8 Å². The van der Waals surface area contributed by atoms with Crippen LogP contribution in [0.3, 0.4) is 0 Å². The van der Waals surface area contributed by atoms with Gasteiger partial charge in [-0.3, -0.25) is 0 Å². The van der Waals surface area contributed by atoms with Crippen molar-refractivity contribution in [3.8, 4) is 0 Å². The molecule has 0 spiro atoms. The summed E-state index contributed by atoms with van der Waals surface area (Å²) in [6.07, 6.45) is 0. The number of ether oxygens (including phenoxy) is 1. The lowest BCUT2D eigenvalue weighted by Crippen LogP contribution is -1.93. The van der Waals surface area contributed by atoms with Gasteiger partial charge >= 0.3 is 0 Å². The molecule has 1 heterocycles. The van der Waals surface area contributed by atoms with Crippen molar-refractivity contribution in [3.63, 3.8) is 0 Å². The third-order valence-corrected chi connectivity index (χ3v) is 3.41. The summed E-state index contributed by atoms with van der Waals surface area (Å²) in [5, 5.41) is 1.84. The number of methoxy groups -OCH3 is 1. The van der Waals surface area contributed by atoms with Crippen LogP contribution in [0.5, 0.6) is 0 Å². The highest BCUT2D eigenvalue weighted by Crippen LogP contribution is 2.31. The molecule has 0 amide bonds. The van der Waals surface area contributed by atoms with Crippen LogP contribution in [-0.2, 0) is 4.74 Å². The Hall–Kier alpha value is 0.330. The lowest BCUT2D eigenvalue weighted by Gasteiger charge is -2.04. The Kier molecular flexibility index (Phi) is 5.34. The number of rotatable bonds is 4. The van der Waals surface area contributed by atoms with Crippen molar-refractivity contribution in [2.75, 3.05) is 19.5 Å². The largest absolute Gasteiger partial charge is 0.384 e. The summed E-state index contributed by atoms with van der Waals surface area (Å²) in [7, 11) is 1.64. The standard InChI is InChI=1S/C8H8Cl3NOS/c1-13-2-3-14-8-6(10)4-5(9)7(11)12-8/h4H,2-3H2,1H3. The molecule has 78 valence electrons. The SMILES string of the molecule is COCCSc1nc(Cl)c(Cl)cc1Cl. The van der Waals surface area contributed by atoms with Crippen molar-refractivity contribution in [2.45, 2.75) is 5.03 Å². The summed E-state index contributed by atoms with van der Waals surface area (Å²) >= 11 is 18.9. The number of aromatic nitrogens is 1. The maximum Gasteiger partial charge on any atom is 0.149 e. The number of thioether (sulfide) groups is 1. The molecule has 0 N–H and O–H groups in total. The van der Waals surface area contributed by atoms with Crippen molar-refractivity contribution >= 4 is 46.6 Å². The number of nitrogens with zero attached hydrogens (tertiary/aromatic N) is 1. The molecular weight excluding hydrogens is 265 g/mol. The minimum absolute atomic E-state index is 0.274. The molecule has 0 unspecified atom stereocenters. The summed E-state index contributed by atoms with van der Waals surface area (Å²) < 4.78 is 4.91. The highest BCUT2D eigenvalue weighted by Gasteiger charge is 2.07. The molecule has 1 aromatic rings. The highest BCUT2D eigenvalue weighted by molar-refractivity contribution is 7.99. The molecule has 6 heteroatoms. The Morgan fingerprint density at radius 3 is 2.71 bits per heavy atom. The Balaban J connectivity index is 2.72. The minimum Gasteiger partial charge on any atom is -0.384 e. The van der Waals surface area contributed by atoms with Crippen molar-refractivity contribution in [2.24, 2.45) is 0 Å². The zero-order valence-electron chi connectivity index (χ0n) is 7.39. The molecule has 0 aromatic carbocycles. The van der Waals surface area contributed by atoms with Crippen molar-refractivity contribution in [3.05, 3.63) is 21.3 Å². The van der Waals surface area contributed by atoms with E-state index in [9.17, 15) is 0 Å². The fourth-order valence-corrected chi connectivity index (χ4v) is 2.26. The normalized spacial score (nSPS) is 10.6. The fourth-order valence-electron chi connectivity index (χ4n) is 0.751. The summed E-state index contributed by atoms with van der Waals surface area (Å²) in [5.74, 6) is 0.779. The summed E-state index contributed by atoms with van der Waals surface area (Å²) in [6, 6.07) is 1.59. The molecule has 0 atom stereocenters. The van der Waals surface area contributed by atoms with E-state index in [2.05, 4.69) is 4.98 Å². The van der Waals surface area contributed by atoms with Crippen LogP contribution in [0.1, 0.15) is 0 Å². The highest BCUT2D eigenvalue weighted by atomic mass is 35.5. The predicted octanol–water partition coefficient (Wildman–Crippen LogP) is 3.78. The van der Waals surface area contributed by atoms with Gasteiger partial charge in [0.25, 0.3) is 0 Å². The van der Waals surface area contributed by atoms with Gasteiger partial charge < -0.3 is 4.74 Å². The van der Waals surface area contributed by atoms with E-state index in [0.29, 0.717) is 21.7 Å². The van der Waals surface area contributed by atoms with Gasteiger partial charge in [0, 0.05) is 12.9 Å². The summed E-state index contributed by atoms with van der Waals surface area (Å²) in [4.78, 5) is 4.05. The quantitative estimate of drug-likeness (QED) is 0.473. The molecule has 1 aromatic heterocycles. The topological polar surface area (TPSA) is 22.1 Å². The van der Waals surface area contributed by atoms with Gasteiger partial charge in [0.2, 0.25) is 0 Å². The first-order valence-electron chi connectivity index (χ1n) is 3.78. The van der Waals surface area contributed by atoms with Gasteiger partial charge in [-0.15, -0.1) is 11.8 Å². The van der Waals surface area contributed by atoms with E-state index in [1.54, 1.807) is 13.2 Å². The van der Waals surface area contributed by atoms with Gasteiger partial charge in [-0.1, -0.05) is 34.8 Å². The minimum atomic E-state index is 0.274. The third kappa shape index (κ3) is 3.48.